The van der Waals surface area contributed by atoms with Crippen LogP contribution in [0.4, 0.5) is 11.4 Å². The number of aliphatic carboxylic acids is 1. The molecule has 236 valence electrons. The lowest BCUT2D eigenvalue weighted by atomic mass is 10.0. The predicted molar refractivity (Wildman–Crippen MR) is 179 cm³/mol. The number of carboxylic acids is 1. The molecule has 0 saturated carbocycles. The van der Waals surface area contributed by atoms with Crippen molar-refractivity contribution in [2.75, 3.05) is 11.5 Å². The van der Waals surface area contributed by atoms with Gasteiger partial charge in [0.25, 0.3) is 11.8 Å². The fourth-order valence-electron chi connectivity index (χ4n) is 5.60. The normalized spacial score (nSPS) is 12.6. The van der Waals surface area contributed by atoms with E-state index in [1.165, 1.54) is 0 Å². The summed E-state index contributed by atoms with van der Waals surface area (Å²) in [7, 11) is 0. The molecule has 1 atom stereocenters. The average molecular weight is 627 g/mol. The molecule has 0 bridgehead atoms. The molecule has 0 unspecified atom stereocenters. The summed E-state index contributed by atoms with van der Waals surface area (Å²) in [6, 6.07) is 37.9. The Kier molecular flexibility index (Phi) is 9.58. The Morgan fingerprint density at radius 3 is 1.83 bits per heavy atom. The highest BCUT2D eigenvalue weighted by Gasteiger charge is 2.26. The maximum atomic E-state index is 13.5. The summed E-state index contributed by atoms with van der Waals surface area (Å²) >= 11 is 0. The van der Waals surface area contributed by atoms with Crippen LogP contribution in [0.3, 0.4) is 0 Å². The molecule has 2 N–H and O–H groups in total. The van der Waals surface area contributed by atoms with E-state index in [1.54, 1.807) is 53.4 Å². The fraction of sp³-hybridized carbons (Fsp3) is 0.154. The zero-order valence-electron chi connectivity index (χ0n) is 25.7. The van der Waals surface area contributed by atoms with Gasteiger partial charge in [0.05, 0.1) is 11.4 Å². The first-order chi connectivity index (χ1) is 22.9. The van der Waals surface area contributed by atoms with E-state index < -0.39 is 17.9 Å². The van der Waals surface area contributed by atoms with E-state index in [9.17, 15) is 19.5 Å². The summed E-state index contributed by atoms with van der Waals surface area (Å²) < 4.78 is 11.7. The minimum absolute atomic E-state index is 0.103. The Balaban J connectivity index is 1.05. The van der Waals surface area contributed by atoms with Crippen molar-refractivity contribution in [2.24, 2.45) is 0 Å². The van der Waals surface area contributed by atoms with Gasteiger partial charge in [-0.3, -0.25) is 14.5 Å². The van der Waals surface area contributed by atoms with Crippen LogP contribution in [0.25, 0.3) is 0 Å². The Bertz CT molecular complexity index is 1810. The van der Waals surface area contributed by atoms with E-state index >= 15 is 0 Å². The molecule has 8 heteroatoms. The number of carbonyl (C=O) groups excluding carboxylic acids is 2. The molecule has 5 aromatic rings. The SMILES string of the molecule is O=C(N[C@@H](Cc1ccc(OCc2ccccc2)cc1)C(=O)O)c1ccc(OCC(=O)N2c3ccccc3CCc3ccccc32)cc1. The molecule has 47 heavy (non-hydrogen) atoms. The lowest BCUT2D eigenvalue weighted by molar-refractivity contribution is -0.139. The van der Waals surface area contributed by atoms with Crippen molar-refractivity contribution in [3.8, 4) is 11.5 Å². The lowest BCUT2D eigenvalue weighted by Gasteiger charge is -2.25. The summed E-state index contributed by atoms with van der Waals surface area (Å²) in [6.07, 6.45) is 1.77. The van der Waals surface area contributed by atoms with Gasteiger partial charge < -0.3 is 19.9 Å². The Hall–Kier alpha value is -5.89. The van der Waals surface area contributed by atoms with Gasteiger partial charge in [0, 0.05) is 12.0 Å². The van der Waals surface area contributed by atoms with Crippen LogP contribution in [0.1, 0.15) is 32.6 Å². The quantitative estimate of drug-likeness (QED) is 0.173. The van der Waals surface area contributed by atoms with Gasteiger partial charge in [0.1, 0.15) is 24.1 Å². The van der Waals surface area contributed by atoms with Crippen molar-refractivity contribution in [2.45, 2.75) is 31.9 Å². The first kappa shape index (κ1) is 31.1. The van der Waals surface area contributed by atoms with Gasteiger partial charge in [-0.15, -0.1) is 0 Å². The van der Waals surface area contributed by atoms with Crippen LogP contribution >= 0.6 is 0 Å². The van der Waals surface area contributed by atoms with Crippen LogP contribution in [-0.2, 0) is 35.5 Å². The third-order valence-corrected chi connectivity index (χ3v) is 8.07. The van der Waals surface area contributed by atoms with E-state index in [1.807, 2.05) is 78.9 Å². The summed E-state index contributed by atoms with van der Waals surface area (Å²) in [6.45, 7) is 0.223. The fourth-order valence-corrected chi connectivity index (χ4v) is 5.60. The summed E-state index contributed by atoms with van der Waals surface area (Å²) in [5.41, 5.74) is 5.94. The van der Waals surface area contributed by atoms with Crippen LogP contribution < -0.4 is 19.7 Å². The average Bonchev–Trinajstić information content (AvgIpc) is 3.27. The Labute approximate surface area is 273 Å². The number of aryl methyl sites for hydroxylation is 2. The third kappa shape index (κ3) is 7.68. The van der Waals surface area contributed by atoms with Crippen LogP contribution in [0, 0.1) is 0 Å². The van der Waals surface area contributed by atoms with Gasteiger partial charge in [-0.2, -0.15) is 0 Å². The molecule has 0 fully saturated rings. The molecule has 8 nitrogen and oxygen atoms in total. The second kappa shape index (κ2) is 14.5. The number of anilines is 2. The van der Waals surface area contributed by atoms with Crippen molar-refractivity contribution in [1.29, 1.82) is 0 Å². The van der Waals surface area contributed by atoms with Crippen molar-refractivity contribution < 1.29 is 29.0 Å². The minimum Gasteiger partial charge on any atom is -0.489 e. The molecule has 0 aromatic heterocycles. The van der Waals surface area contributed by atoms with Crippen LogP contribution in [0.15, 0.2) is 127 Å². The molecule has 0 aliphatic carbocycles. The highest BCUT2D eigenvalue weighted by molar-refractivity contribution is 6.03. The van der Waals surface area contributed by atoms with E-state index in [0.29, 0.717) is 18.1 Å². The Morgan fingerprint density at radius 2 is 1.21 bits per heavy atom. The number of amides is 2. The standard InChI is InChI=1S/C39H34N2O6/c42-37(41-35-12-6-4-10-29(35)16-17-30-11-5-7-13-36(30)41)26-47-33-22-18-31(19-23-33)38(43)40-34(39(44)45)24-27-14-20-32(21-15-27)46-25-28-8-2-1-3-9-28/h1-15,18-23,34H,16-17,24-26H2,(H,40,43)(H,44,45)/t34-/m0/s1. The van der Waals surface area contributed by atoms with E-state index in [-0.39, 0.29) is 24.5 Å². The van der Waals surface area contributed by atoms with Gasteiger partial charge in [0.15, 0.2) is 6.61 Å². The third-order valence-electron chi connectivity index (χ3n) is 8.07. The summed E-state index contributed by atoms with van der Waals surface area (Å²) in [4.78, 5) is 40.3. The first-order valence-electron chi connectivity index (χ1n) is 15.5. The Morgan fingerprint density at radius 1 is 0.660 bits per heavy atom. The number of para-hydroxylation sites is 2. The summed E-state index contributed by atoms with van der Waals surface area (Å²) in [5, 5.41) is 12.4. The summed E-state index contributed by atoms with van der Waals surface area (Å²) in [5.74, 6) is -0.804. The molecular weight excluding hydrogens is 592 g/mol. The van der Waals surface area contributed by atoms with Crippen molar-refractivity contribution >= 4 is 29.2 Å². The predicted octanol–water partition coefficient (Wildman–Crippen LogP) is 6.53. The number of hydrogen-bond acceptors (Lipinski definition) is 5. The molecule has 0 saturated heterocycles. The zero-order chi connectivity index (χ0) is 32.6. The lowest BCUT2D eigenvalue weighted by Crippen LogP contribution is -2.42. The minimum atomic E-state index is -1.14. The van der Waals surface area contributed by atoms with Crippen LogP contribution in [-0.4, -0.2) is 35.5 Å². The molecule has 0 radical (unpaired) electrons. The second-order valence-corrected chi connectivity index (χ2v) is 11.3. The van der Waals surface area contributed by atoms with Gasteiger partial charge in [-0.1, -0.05) is 78.9 Å². The van der Waals surface area contributed by atoms with Crippen LogP contribution in [0.2, 0.25) is 0 Å². The number of hydrogen-bond donors (Lipinski definition) is 2. The number of nitrogens with one attached hydrogen (secondary N) is 1. The molecule has 1 aliphatic rings. The smallest absolute Gasteiger partial charge is 0.326 e. The van der Waals surface area contributed by atoms with Gasteiger partial charge in [-0.25, -0.2) is 4.79 Å². The topological polar surface area (TPSA) is 105 Å². The first-order valence-corrected chi connectivity index (χ1v) is 15.5. The molecule has 0 spiro atoms. The number of benzene rings is 5. The number of carboxylic acid groups (broad SMARTS) is 1. The van der Waals surface area contributed by atoms with Crippen molar-refractivity contribution in [3.05, 3.63) is 155 Å². The zero-order valence-corrected chi connectivity index (χ0v) is 25.7. The number of ether oxygens (including phenoxy) is 2. The molecule has 5 aromatic carbocycles. The molecule has 1 heterocycles. The molecule has 1 aliphatic heterocycles. The number of nitrogens with zero attached hydrogens (tertiary/aromatic N) is 1. The van der Waals surface area contributed by atoms with E-state index in [2.05, 4.69) is 5.32 Å². The van der Waals surface area contributed by atoms with Gasteiger partial charge >= 0.3 is 5.97 Å². The largest absolute Gasteiger partial charge is 0.489 e. The highest BCUT2D eigenvalue weighted by atomic mass is 16.5. The van der Waals surface area contributed by atoms with Gasteiger partial charge in [-0.05, 0) is 83.6 Å². The van der Waals surface area contributed by atoms with Gasteiger partial charge in [0.2, 0.25) is 0 Å². The maximum Gasteiger partial charge on any atom is 0.326 e. The second-order valence-electron chi connectivity index (χ2n) is 11.3. The molecule has 6 rings (SSSR count). The highest BCUT2D eigenvalue weighted by Crippen LogP contribution is 2.36. The molecular formula is C39H34N2O6. The van der Waals surface area contributed by atoms with Crippen molar-refractivity contribution in [3.63, 3.8) is 0 Å². The monoisotopic (exact) mass is 626 g/mol. The van der Waals surface area contributed by atoms with E-state index in [0.717, 1.165) is 46.5 Å². The number of rotatable bonds is 11. The number of fused-ring (bicyclic) bond motifs is 2. The maximum absolute atomic E-state index is 13.5. The van der Waals surface area contributed by atoms with Crippen LogP contribution in [0.5, 0.6) is 11.5 Å². The number of carbonyl (C=O) groups is 3. The van der Waals surface area contributed by atoms with Crippen molar-refractivity contribution in [1.82, 2.24) is 5.32 Å². The van der Waals surface area contributed by atoms with E-state index in [4.69, 9.17) is 9.47 Å². The molecule has 2 amide bonds.